The maximum Gasteiger partial charge on any atom is 0.242 e. The quantitative estimate of drug-likeness (QED) is 0.328. The first kappa shape index (κ1) is 22.6. The van der Waals surface area contributed by atoms with E-state index in [9.17, 15) is 8.42 Å². The fraction of sp³-hybridized carbons (Fsp3) is 0.444. The lowest BCUT2D eigenvalue weighted by Crippen LogP contribution is -2.22. The van der Waals surface area contributed by atoms with Crippen molar-refractivity contribution in [3.05, 3.63) is 36.4 Å². The van der Waals surface area contributed by atoms with Crippen LogP contribution in [0.2, 0.25) is 0 Å². The zero-order chi connectivity index (χ0) is 20.9. The predicted octanol–water partition coefficient (Wildman–Crippen LogP) is 2.48. The van der Waals surface area contributed by atoms with Crippen LogP contribution in [0.4, 0.5) is 0 Å². The number of nitrogens with zero attached hydrogens (tertiary/aromatic N) is 4. The molecule has 0 saturated heterocycles. The second-order valence-electron chi connectivity index (χ2n) is 6.38. The molecule has 0 radical (unpaired) electrons. The molecule has 2 aromatic rings. The van der Waals surface area contributed by atoms with E-state index in [1.807, 2.05) is 11.5 Å². The number of sulfonamides is 1. The highest BCUT2D eigenvalue weighted by Gasteiger charge is 2.21. The van der Waals surface area contributed by atoms with Gasteiger partial charge in [0.15, 0.2) is 17.3 Å². The SMILES string of the molecule is C=C(C)CSc1nnc(-c2cccc(S(=O)(=O)N(C)C)c2)n1CC(OC)OC. The van der Waals surface area contributed by atoms with Crippen molar-refractivity contribution in [2.45, 2.75) is 29.8 Å². The highest BCUT2D eigenvalue weighted by atomic mass is 32.2. The Morgan fingerprint density at radius 3 is 2.54 bits per heavy atom. The molecule has 154 valence electrons. The molecular formula is C18H26N4O4S2. The highest BCUT2D eigenvalue weighted by Crippen LogP contribution is 2.27. The summed E-state index contributed by atoms with van der Waals surface area (Å²) in [5.74, 6) is 1.23. The number of hydrogen-bond acceptors (Lipinski definition) is 7. The Morgan fingerprint density at radius 2 is 1.96 bits per heavy atom. The van der Waals surface area contributed by atoms with Crippen molar-refractivity contribution in [1.82, 2.24) is 19.1 Å². The maximum atomic E-state index is 12.5. The molecule has 0 aliphatic rings. The fourth-order valence-corrected chi connectivity index (χ4v) is 4.10. The second-order valence-corrected chi connectivity index (χ2v) is 9.47. The molecule has 10 heteroatoms. The molecule has 0 aliphatic heterocycles. The summed E-state index contributed by atoms with van der Waals surface area (Å²) in [5, 5.41) is 9.25. The molecule has 8 nitrogen and oxygen atoms in total. The second kappa shape index (κ2) is 9.66. The van der Waals surface area contributed by atoms with Crippen molar-refractivity contribution in [1.29, 1.82) is 0 Å². The van der Waals surface area contributed by atoms with Crippen LogP contribution in [0, 0.1) is 0 Å². The largest absolute Gasteiger partial charge is 0.354 e. The van der Waals surface area contributed by atoms with E-state index >= 15 is 0 Å². The molecule has 0 fully saturated rings. The van der Waals surface area contributed by atoms with Gasteiger partial charge in [-0.25, -0.2) is 12.7 Å². The zero-order valence-corrected chi connectivity index (χ0v) is 18.4. The molecule has 0 N–H and O–H groups in total. The van der Waals surface area contributed by atoms with Crippen LogP contribution in [0.5, 0.6) is 0 Å². The minimum atomic E-state index is -3.56. The summed E-state index contributed by atoms with van der Waals surface area (Å²) in [7, 11) is 2.56. The van der Waals surface area contributed by atoms with Gasteiger partial charge >= 0.3 is 0 Å². The Bertz CT molecular complexity index is 921. The van der Waals surface area contributed by atoms with Crippen LogP contribution in [-0.2, 0) is 26.0 Å². The smallest absolute Gasteiger partial charge is 0.242 e. The summed E-state index contributed by atoms with van der Waals surface area (Å²) in [6.07, 6.45) is -0.493. The molecule has 0 spiro atoms. The lowest BCUT2D eigenvalue weighted by Gasteiger charge is -2.17. The summed E-state index contributed by atoms with van der Waals surface area (Å²) in [6, 6.07) is 6.65. The average molecular weight is 427 g/mol. The summed E-state index contributed by atoms with van der Waals surface area (Å²) in [4.78, 5) is 0.190. The zero-order valence-electron chi connectivity index (χ0n) is 16.7. The summed E-state index contributed by atoms with van der Waals surface area (Å²) in [5.41, 5.74) is 1.65. The number of benzene rings is 1. The fourth-order valence-electron chi connectivity index (χ4n) is 2.36. The summed E-state index contributed by atoms with van der Waals surface area (Å²) < 4.78 is 38.7. The summed E-state index contributed by atoms with van der Waals surface area (Å²) in [6.45, 7) is 6.22. The van der Waals surface area contributed by atoms with Gasteiger partial charge in [0.25, 0.3) is 0 Å². The van der Waals surface area contributed by atoms with E-state index in [1.54, 1.807) is 38.5 Å². The number of rotatable bonds is 10. The van der Waals surface area contributed by atoms with Crippen LogP contribution in [0.15, 0.2) is 46.5 Å². The van der Waals surface area contributed by atoms with Gasteiger partial charge in [-0.2, -0.15) is 0 Å². The Labute approximate surface area is 170 Å². The van der Waals surface area contributed by atoms with E-state index in [-0.39, 0.29) is 4.90 Å². The molecule has 1 aromatic carbocycles. The molecular weight excluding hydrogens is 400 g/mol. The van der Waals surface area contributed by atoms with Crippen LogP contribution >= 0.6 is 11.8 Å². The van der Waals surface area contributed by atoms with Crippen LogP contribution < -0.4 is 0 Å². The number of aromatic nitrogens is 3. The van der Waals surface area contributed by atoms with Gasteiger partial charge in [-0.05, 0) is 19.1 Å². The molecule has 1 aromatic heterocycles. The first-order valence-electron chi connectivity index (χ1n) is 8.49. The standard InChI is InChI=1S/C18H26N4O4S2/c1-13(2)12-27-18-20-19-17(22(18)11-16(25-5)26-6)14-8-7-9-15(10-14)28(23,24)21(3)4/h7-10,16H,1,11-12H2,2-6H3. The van der Waals surface area contributed by atoms with Gasteiger partial charge in [-0.3, -0.25) is 4.57 Å². The molecule has 1 heterocycles. The third-order valence-corrected chi connectivity index (χ3v) is 6.90. The van der Waals surface area contributed by atoms with E-state index in [4.69, 9.17) is 9.47 Å². The predicted molar refractivity (Wildman–Crippen MR) is 110 cm³/mol. The first-order chi connectivity index (χ1) is 13.2. The van der Waals surface area contributed by atoms with E-state index in [1.165, 1.54) is 30.2 Å². The van der Waals surface area contributed by atoms with E-state index in [2.05, 4.69) is 16.8 Å². The monoisotopic (exact) mass is 426 g/mol. The normalized spacial score (nSPS) is 12.1. The molecule has 0 aliphatic carbocycles. The Balaban J connectivity index is 2.51. The number of ether oxygens (including phenoxy) is 2. The first-order valence-corrected chi connectivity index (χ1v) is 10.9. The van der Waals surface area contributed by atoms with Gasteiger partial charge in [0.2, 0.25) is 10.0 Å². The summed E-state index contributed by atoms with van der Waals surface area (Å²) >= 11 is 1.50. The number of methoxy groups -OCH3 is 2. The van der Waals surface area contributed by atoms with Crippen LogP contribution in [0.25, 0.3) is 11.4 Å². The highest BCUT2D eigenvalue weighted by molar-refractivity contribution is 7.99. The van der Waals surface area contributed by atoms with Crippen molar-refractivity contribution < 1.29 is 17.9 Å². The van der Waals surface area contributed by atoms with Crippen LogP contribution in [0.1, 0.15) is 6.92 Å². The Morgan fingerprint density at radius 1 is 1.29 bits per heavy atom. The minimum Gasteiger partial charge on any atom is -0.354 e. The molecule has 0 amide bonds. The Hall–Kier alpha value is -1.72. The molecule has 0 saturated carbocycles. The molecule has 0 unspecified atom stereocenters. The van der Waals surface area contributed by atoms with Gasteiger partial charge < -0.3 is 9.47 Å². The van der Waals surface area contributed by atoms with Crippen molar-refractivity contribution in [3.63, 3.8) is 0 Å². The number of thioether (sulfide) groups is 1. The van der Waals surface area contributed by atoms with Crippen LogP contribution in [0.3, 0.4) is 0 Å². The van der Waals surface area contributed by atoms with Gasteiger partial charge in [-0.1, -0.05) is 36.0 Å². The van der Waals surface area contributed by atoms with E-state index < -0.39 is 16.3 Å². The van der Waals surface area contributed by atoms with Gasteiger partial charge in [0.05, 0.1) is 11.4 Å². The minimum absolute atomic E-state index is 0.190. The van der Waals surface area contributed by atoms with Crippen LogP contribution in [-0.4, -0.2) is 67.8 Å². The van der Waals surface area contributed by atoms with Gasteiger partial charge in [-0.15, -0.1) is 10.2 Å². The number of hydrogen-bond donors (Lipinski definition) is 0. The van der Waals surface area contributed by atoms with E-state index in [0.29, 0.717) is 28.8 Å². The van der Waals surface area contributed by atoms with Gasteiger partial charge in [0.1, 0.15) is 0 Å². The lowest BCUT2D eigenvalue weighted by atomic mass is 10.2. The maximum absolute atomic E-state index is 12.5. The third-order valence-electron chi connectivity index (χ3n) is 3.89. The molecule has 0 atom stereocenters. The molecule has 28 heavy (non-hydrogen) atoms. The molecule has 2 rings (SSSR count). The van der Waals surface area contributed by atoms with Crippen molar-refractivity contribution in [3.8, 4) is 11.4 Å². The average Bonchev–Trinajstić information content (AvgIpc) is 3.06. The lowest BCUT2D eigenvalue weighted by molar-refractivity contribution is -0.111. The third kappa shape index (κ3) is 5.21. The van der Waals surface area contributed by atoms with Crippen molar-refractivity contribution in [2.24, 2.45) is 0 Å². The van der Waals surface area contributed by atoms with Gasteiger partial charge in [0, 0.05) is 39.6 Å². The van der Waals surface area contributed by atoms with Crippen molar-refractivity contribution in [2.75, 3.05) is 34.1 Å². The topological polar surface area (TPSA) is 86.6 Å². The Kier molecular flexibility index (Phi) is 7.79. The van der Waals surface area contributed by atoms with E-state index in [0.717, 1.165) is 5.57 Å². The van der Waals surface area contributed by atoms with Crippen molar-refractivity contribution >= 4 is 21.8 Å². The molecule has 0 bridgehead atoms.